The van der Waals surface area contributed by atoms with E-state index >= 15 is 0 Å². The first-order valence-corrected chi connectivity index (χ1v) is 23.5. The SMILES string of the molecule is C[S+]([O-])c1ccc(C2=NC(c3cc[n+](Cc4ccc(C(O)CNCCCCCCOCCCCc5ccccc5)cc4OP(=O)(O)O)cc3)C(c3ccc(F)cc3)N2)cc1. The van der Waals surface area contributed by atoms with Crippen LogP contribution in [0.1, 0.15) is 90.1 Å². The Kier molecular flexibility index (Phi) is 16.9. The molecule has 11 nitrogen and oxygen atoms in total. The van der Waals surface area contributed by atoms with Crippen molar-refractivity contribution in [1.29, 1.82) is 0 Å². The summed E-state index contributed by atoms with van der Waals surface area (Å²) in [6, 6.07) is 32.3. The van der Waals surface area contributed by atoms with E-state index in [-0.39, 0.29) is 36.7 Å². The zero-order chi connectivity index (χ0) is 42.3. The molecule has 1 aliphatic heterocycles. The lowest BCUT2D eigenvalue weighted by atomic mass is 9.95. The number of unbranched alkanes of at least 4 members (excludes halogenated alkanes) is 4. The number of phosphoric ester groups is 1. The van der Waals surface area contributed by atoms with Crippen LogP contribution in [0.25, 0.3) is 0 Å². The molecule has 0 fully saturated rings. The van der Waals surface area contributed by atoms with Crippen molar-refractivity contribution in [2.24, 2.45) is 4.99 Å². The molecule has 0 spiro atoms. The standard InChI is InChI=1S/C46H54FN4O7PS/c1-60(56)41-22-18-37(19-23-41)46-49-44(35-16-20-40(47)21-17-35)45(50-46)36-24-27-51(28-25-36)33-39-15-14-38(31-43(39)58-59(53,54)55)42(52)32-48-26-8-2-3-9-29-57-30-10-7-13-34-11-5-4-6-12-34/h4-6,11-12,14-25,27-28,31,42,44-45,48,52H,2-3,7-10,13,26,29-30,32-33H2,1H3,(H2-,49,50,53,54,55)/p+1. The van der Waals surface area contributed by atoms with Gasteiger partial charge in [0.25, 0.3) is 0 Å². The molecule has 0 radical (unpaired) electrons. The number of phosphoric acid groups is 1. The molecule has 60 heavy (non-hydrogen) atoms. The second-order valence-electron chi connectivity index (χ2n) is 15.0. The van der Waals surface area contributed by atoms with Crippen molar-refractivity contribution in [1.82, 2.24) is 10.6 Å². The molecular weight excluding hydrogens is 803 g/mol. The van der Waals surface area contributed by atoms with Gasteiger partial charge in [0.15, 0.2) is 23.8 Å². The third-order valence-corrected chi connectivity index (χ3v) is 11.8. The Bertz CT molecular complexity index is 2160. The Balaban J connectivity index is 1.000. The first kappa shape index (κ1) is 45.1. The molecule has 2 heterocycles. The van der Waals surface area contributed by atoms with E-state index in [0.717, 1.165) is 81.4 Å². The number of ether oxygens (including phenoxy) is 1. The molecule has 6 rings (SSSR count). The quantitative estimate of drug-likeness (QED) is 0.0195. The molecule has 1 aliphatic rings. The highest BCUT2D eigenvalue weighted by Gasteiger charge is 2.33. The van der Waals surface area contributed by atoms with Gasteiger partial charge in [-0.1, -0.05) is 61.4 Å². The monoisotopic (exact) mass is 857 g/mol. The van der Waals surface area contributed by atoms with Crippen LogP contribution in [0.3, 0.4) is 0 Å². The fourth-order valence-corrected chi connectivity index (χ4v) is 8.12. The van der Waals surface area contributed by atoms with Crippen molar-refractivity contribution in [3.8, 4) is 5.75 Å². The van der Waals surface area contributed by atoms with Crippen molar-refractivity contribution in [3.63, 3.8) is 0 Å². The van der Waals surface area contributed by atoms with Gasteiger partial charge in [-0.3, -0.25) is 14.8 Å². The minimum Gasteiger partial charge on any atom is -0.612 e. The third kappa shape index (κ3) is 13.8. The summed E-state index contributed by atoms with van der Waals surface area (Å²) in [6.07, 6.45) is 11.8. The number of nitrogens with one attached hydrogen (secondary N) is 2. The van der Waals surface area contributed by atoms with Crippen LogP contribution in [-0.2, 0) is 33.4 Å². The van der Waals surface area contributed by atoms with Crippen LogP contribution in [0.2, 0.25) is 0 Å². The summed E-state index contributed by atoms with van der Waals surface area (Å²) >= 11 is -1.11. The Morgan fingerprint density at radius 2 is 1.58 bits per heavy atom. The highest BCUT2D eigenvalue weighted by atomic mass is 32.2. The molecule has 5 aromatic rings. The van der Waals surface area contributed by atoms with Crippen molar-refractivity contribution in [2.75, 3.05) is 32.6 Å². The molecule has 4 unspecified atom stereocenters. The van der Waals surface area contributed by atoms with E-state index in [1.807, 2.05) is 59.4 Å². The second kappa shape index (κ2) is 22.4. The number of aliphatic hydroxyl groups excluding tert-OH is 1. The molecule has 318 valence electrons. The van der Waals surface area contributed by atoms with Crippen LogP contribution in [0.4, 0.5) is 4.39 Å². The van der Waals surface area contributed by atoms with Gasteiger partial charge < -0.3 is 29.6 Å². The molecule has 0 saturated heterocycles. The molecule has 0 bridgehead atoms. The first-order chi connectivity index (χ1) is 29.0. The van der Waals surface area contributed by atoms with E-state index in [1.165, 1.54) is 23.8 Å². The van der Waals surface area contributed by atoms with E-state index in [1.54, 1.807) is 30.5 Å². The fraction of sp³-hybridized carbons (Fsp3) is 0.348. The first-order valence-electron chi connectivity index (χ1n) is 20.4. The summed E-state index contributed by atoms with van der Waals surface area (Å²) < 4.78 is 50.6. The smallest absolute Gasteiger partial charge is 0.524 e. The van der Waals surface area contributed by atoms with Gasteiger partial charge in [-0.25, -0.2) is 13.5 Å². The van der Waals surface area contributed by atoms with E-state index < -0.39 is 25.1 Å². The van der Waals surface area contributed by atoms with Gasteiger partial charge in [0, 0.05) is 37.5 Å². The number of aromatic nitrogens is 1. The maximum Gasteiger partial charge on any atom is 0.524 e. The molecule has 4 atom stereocenters. The lowest BCUT2D eigenvalue weighted by molar-refractivity contribution is -0.688. The Hall–Kier alpha value is -4.43. The highest BCUT2D eigenvalue weighted by Crippen LogP contribution is 2.40. The molecule has 1 aromatic heterocycles. The van der Waals surface area contributed by atoms with Gasteiger partial charge in [0.1, 0.15) is 29.7 Å². The fourth-order valence-electron chi connectivity index (χ4n) is 7.18. The Morgan fingerprint density at radius 1 is 0.883 bits per heavy atom. The molecule has 5 N–H and O–H groups in total. The lowest BCUT2D eigenvalue weighted by Crippen LogP contribution is -2.33. The number of nitrogens with zero attached hydrogens (tertiary/aromatic N) is 2. The molecule has 14 heteroatoms. The number of halogens is 1. The van der Waals surface area contributed by atoms with E-state index in [2.05, 4.69) is 34.9 Å². The number of pyridine rings is 1. The number of aryl methyl sites for hydroxylation is 1. The number of hydrogen-bond acceptors (Lipinski definition) is 8. The predicted octanol–water partition coefficient (Wildman–Crippen LogP) is 7.43. The summed E-state index contributed by atoms with van der Waals surface area (Å²) in [4.78, 5) is 25.2. The summed E-state index contributed by atoms with van der Waals surface area (Å²) in [5, 5.41) is 17.7. The maximum atomic E-state index is 13.9. The van der Waals surface area contributed by atoms with Gasteiger partial charge in [-0.15, -0.1) is 0 Å². The van der Waals surface area contributed by atoms with Crippen LogP contribution in [0.5, 0.6) is 5.75 Å². The Morgan fingerprint density at radius 3 is 2.28 bits per heavy atom. The number of hydrogen-bond donors (Lipinski definition) is 5. The van der Waals surface area contributed by atoms with Gasteiger partial charge in [-0.05, 0) is 121 Å². The summed E-state index contributed by atoms with van der Waals surface area (Å²) in [5.74, 6) is 0.312. The molecule has 0 aliphatic carbocycles. The number of rotatable bonds is 23. The van der Waals surface area contributed by atoms with Gasteiger partial charge in [-0.2, -0.15) is 0 Å². The zero-order valence-electron chi connectivity index (χ0n) is 33.9. The number of benzene rings is 4. The van der Waals surface area contributed by atoms with Crippen molar-refractivity contribution >= 4 is 24.8 Å². The summed E-state index contributed by atoms with van der Waals surface area (Å²) in [6.45, 7) is 2.80. The van der Waals surface area contributed by atoms with Crippen LogP contribution in [-0.4, -0.2) is 57.8 Å². The number of amidine groups is 1. The maximum absolute atomic E-state index is 13.9. The minimum absolute atomic E-state index is 0.0154. The van der Waals surface area contributed by atoms with Crippen LogP contribution in [0.15, 0.2) is 131 Å². The third-order valence-electron chi connectivity index (χ3n) is 10.4. The van der Waals surface area contributed by atoms with E-state index in [9.17, 15) is 28.4 Å². The Labute approximate surface area is 355 Å². The normalized spacial score (nSPS) is 16.3. The highest BCUT2D eigenvalue weighted by molar-refractivity contribution is 7.90. The average Bonchev–Trinajstić information content (AvgIpc) is 3.69. The van der Waals surface area contributed by atoms with Gasteiger partial charge in [0.05, 0.1) is 17.7 Å². The molecule has 4 aromatic carbocycles. The van der Waals surface area contributed by atoms with Crippen LogP contribution < -0.4 is 19.7 Å². The van der Waals surface area contributed by atoms with Crippen molar-refractivity contribution in [2.45, 2.75) is 74.6 Å². The lowest BCUT2D eigenvalue weighted by Gasteiger charge is -2.19. The zero-order valence-corrected chi connectivity index (χ0v) is 35.6. The number of aliphatic hydroxyl groups is 1. The van der Waals surface area contributed by atoms with Crippen LogP contribution >= 0.6 is 7.82 Å². The van der Waals surface area contributed by atoms with Gasteiger partial charge >= 0.3 is 7.82 Å². The van der Waals surface area contributed by atoms with E-state index in [0.29, 0.717) is 21.9 Å². The van der Waals surface area contributed by atoms with Crippen LogP contribution in [0, 0.1) is 5.82 Å². The number of aliphatic imine (C=N–C) groups is 1. The minimum atomic E-state index is -4.91. The van der Waals surface area contributed by atoms with E-state index in [4.69, 9.17) is 14.3 Å². The predicted molar refractivity (Wildman–Crippen MR) is 232 cm³/mol. The van der Waals surface area contributed by atoms with Crippen molar-refractivity contribution < 1.29 is 42.2 Å². The summed E-state index contributed by atoms with van der Waals surface area (Å²) in [5.41, 5.74) is 4.94. The molecule has 0 saturated carbocycles. The molecule has 0 amide bonds. The molecular formula is C46H55FN4O7PS+. The average molecular weight is 858 g/mol. The second-order valence-corrected chi connectivity index (χ2v) is 17.6. The van der Waals surface area contributed by atoms with Gasteiger partial charge in [0.2, 0.25) is 0 Å². The topological polar surface area (TPSA) is 160 Å². The summed E-state index contributed by atoms with van der Waals surface area (Å²) in [7, 11) is -4.91. The largest absolute Gasteiger partial charge is 0.612 e. The van der Waals surface area contributed by atoms with Crippen molar-refractivity contribution in [3.05, 3.63) is 161 Å².